The van der Waals surface area contributed by atoms with E-state index >= 15 is 0 Å². The van der Waals surface area contributed by atoms with Crippen LogP contribution < -0.4 is 11.2 Å². The van der Waals surface area contributed by atoms with E-state index in [4.69, 9.17) is 14.2 Å². The van der Waals surface area contributed by atoms with Gasteiger partial charge < -0.3 is 14.2 Å². The van der Waals surface area contributed by atoms with Gasteiger partial charge in [-0.1, -0.05) is 37.3 Å². The van der Waals surface area contributed by atoms with Gasteiger partial charge in [-0.15, -0.1) is 0 Å². The van der Waals surface area contributed by atoms with Crippen molar-refractivity contribution < 1.29 is 14.2 Å². The zero-order chi connectivity index (χ0) is 19.5. The number of benzene rings is 1. The molecule has 1 saturated carbocycles. The third-order valence-electron chi connectivity index (χ3n) is 6.42. The molecule has 2 bridgehead atoms. The summed E-state index contributed by atoms with van der Waals surface area (Å²) in [7, 11) is 0. The molecule has 2 saturated heterocycles. The second-order valence-electron chi connectivity index (χ2n) is 8.02. The molecule has 0 amide bonds. The van der Waals surface area contributed by atoms with Gasteiger partial charge in [0, 0.05) is 11.8 Å². The van der Waals surface area contributed by atoms with Gasteiger partial charge in [-0.3, -0.25) is 14.3 Å². The zero-order valence-electron chi connectivity index (χ0n) is 16.0. The second kappa shape index (κ2) is 6.14. The lowest BCUT2D eigenvalue weighted by atomic mass is 9.87. The van der Waals surface area contributed by atoms with Gasteiger partial charge in [-0.05, 0) is 31.7 Å². The van der Waals surface area contributed by atoms with Crippen molar-refractivity contribution in [2.45, 2.75) is 69.4 Å². The Morgan fingerprint density at radius 2 is 1.96 bits per heavy atom. The Hall–Kier alpha value is -2.22. The average molecular weight is 384 g/mol. The zero-order valence-corrected chi connectivity index (χ0v) is 16.0. The van der Waals surface area contributed by atoms with E-state index in [-0.39, 0.29) is 17.3 Å². The molecule has 0 radical (unpaired) electrons. The maximum atomic E-state index is 12.4. The van der Waals surface area contributed by atoms with E-state index in [2.05, 4.69) is 11.9 Å². The largest absolute Gasteiger partial charge is 0.368 e. The quantitative estimate of drug-likeness (QED) is 0.853. The van der Waals surface area contributed by atoms with Crippen molar-refractivity contribution in [3.05, 3.63) is 68.5 Å². The summed E-state index contributed by atoms with van der Waals surface area (Å²) >= 11 is 0. The predicted molar refractivity (Wildman–Crippen MR) is 101 cm³/mol. The fraction of sp³-hybridized carbons (Fsp3) is 0.524. The van der Waals surface area contributed by atoms with E-state index in [0.29, 0.717) is 12.2 Å². The first kappa shape index (κ1) is 17.8. The average Bonchev–Trinajstić information content (AvgIpc) is 3.33. The Morgan fingerprint density at radius 3 is 2.64 bits per heavy atom. The lowest BCUT2D eigenvalue weighted by Gasteiger charge is -2.38. The Labute approximate surface area is 162 Å². The van der Waals surface area contributed by atoms with Crippen LogP contribution in [0.25, 0.3) is 0 Å². The number of rotatable bonds is 5. The molecule has 1 spiro atoms. The molecule has 2 aliphatic heterocycles. The molecule has 3 fully saturated rings. The Bertz CT molecular complexity index is 1010. The lowest BCUT2D eigenvalue weighted by Crippen LogP contribution is -2.50. The number of fused-ring (bicyclic) bond motifs is 3. The first-order valence-electron chi connectivity index (χ1n) is 9.83. The molecule has 148 valence electrons. The SMILES string of the molecule is CC[C@]12O[C@@H](n3cc(C)c(=O)[nH]c3=O)[C@@H](OC13CC3)C2OCc1ccccc1. The van der Waals surface area contributed by atoms with E-state index in [0.717, 1.165) is 24.8 Å². The molecule has 5 rings (SSSR count). The van der Waals surface area contributed by atoms with Gasteiger partial charge in [0.1, 0.15) is 23.4 Å². The summed E-state index contributed by atoms with van der Waals surface area (Å²) in [5.41, 5.74) is -0.232. The van der Waals surface area contributed by atoms with Crippen molar-refractivity contribution in [3.63, 3.8) is 0 Å². The number of ether oxygens (including phenoxy) is 3. The van der Waals surface area contributed by atoms with Gasteiger partial charge in [0.05, 0.1) is 6.61 Å². The van der Waals surface area contributed by atoms with E-state index in [1.54, 1.807) is 13.1 Å². The summed E-state index contributed by atoms with van der Waals surface area (Å²) in [6.45, 7) is 4.21. The van der Waals surface area contributed by atoms with Crippen molar-refractivity contribution in [2.75, 3.05) is 0 Å². The number of nitrogens with zero attached hydrogens (tertiary/aromatic N) is 1. The monoisotopic (exact) mass is 384 g/mol. The van der Waals surface area contributed by atoms with E-state index < -0.39 is 23.6 Å². The normalized spacial score (nSPS) is 32.1. The first-order valence-corrected chi connectivity index (χ1v) is 9.83. The molecular formula is C21H24N2O5. The summed E-state index contributed by atoms with van der Waals surface area (Å²) in [6.07, 6.45) is 2.88. The molecule has 1 aromatic carbocycles. The van der Waals surface area contributed by atoms with Crippen LogP contribution in [0.5, 0.6) is 0 Å². The predicted octanol–water partition coefficient (Wildman–Crippen LogP) is 2.04. The van der Waals surface area contributed by atoms with E-state index in [1.807, 2.05) is 30.3 Å². The highest BCUT2D eigenvalue weighted by atomic mass is 16.7. The van der Waals surface area contributed by atoms with Crippen molar-refractivity contribution >= 4 is 0 Å². The summed E-state index contributed by atoms with van der Waals surface area (Å²) in [4.78, 5) is 26.6. The van der Waals surface area contributed by atoms with Gasteiger partial charge in [0.15, 0.2) is 6.23 Å². The molecular weight excluding hydrogens is 360 g/mol. The van der Waals surface area contributed by atoms with Gasteiger partial charge >= 0.3 is 5.69 Å². The molecule has 1 N–H and O–H groups in total. The standard InChI is InChI=1S/C21H24N2O5/c1-3-21-16(26-12-14-7-5-4-6-8-14)15(27-20(21)9-10-20)18(28-21)23-11-13(2)17(24)22-19(23)25/h4-8,11,15-16,18H,3,9-10,12H2,1-2H3,(H,22,24,25)/t15-,16?,18+,21+/m0/s1. The third kappa shape index (κ3) is 2.40. The smallest absolute Gasteiger partial charge is 0.330 e. The van der Waals surface area contributed by atoms with Gasteiger partial charge in [0.25, 0.3) is 5.56 Å². The summed E-state index contributed by atoms with van der Waals surface area (Å²) in [5.74, 6) is 0. The molecule has 1 aromatic heterocycles. The van der Waals surface area contributed by atoms with Gasteiger partial charge in [-0.2, -0.15) is 0 Å². The molecule has 2 aromatic rings. The second-order valence-corrected chi connectivity index (χ2v) is 8.02. The van der Waals surface area contributed by atoms with Crippen molar-refractivity contribution in [3.8, 4) is 0 Å². The summed E-state index contributed by atoms with van der Waals surface area (Å²) in [5, 5.41) is 0. The highest BCUT2D eigenvalue weighted by Gasteiger charge is 2.78. The maximum Gasteiger partial charge on any atom is 0.330 e. The Morgan fingerprint density at radius 1 is 1.21 bits per heavy atom. The summed E-state index contributed by atoms with van der Waals surface area (Å²) < 4.78 is 20.8. The lowest BCUT2D eigenvalue weighted by molar-refractivity contribution is -0.226. The fourth-order valence-electron chi connectivity index (χ4n) is 4.85. The van der Waals surface area contributed by atoms with Crippen LogP contribution >= 0.6 is 0 Å². The van der Waals surface area contributed by atoms with Crippen molar-refractivity contribution in [2.24, 2.45) is 0 Å². The van der Waals surface area contributed by atoms with Crippen LogP contribution in [0.4, 0.5) is 0 Å². The highest BCUT2D eigenvalue weighted by Crippen LogP contribution is 2.66. The number of nitrogens with one attached hydrogen (secondary N) is 1. The summed E-state index contributed by atoms with van der Waals surface area (Å²) in [6, 6.07) is 9.99. The van der Waals surface area contributed by atoms with Crippen molar-refractivity contribution in [1.29, 1.82) is 0 Å². The van der Waals surface area contributed by atoms with Crippen LogP contribution in [0, 0.1) is 6.92 Å². The number of hydrogen-bond acceptors (Lipinski definition) is 5. The molecule has 7 heteroatoms. The number of hydrogen-bond donors (Lipinski definition) is 1. The molecule has 7 nitrogen and oxygen atoms in total. The minimum absolute atomic E-state index is 0.274. The maximum absolute atomic E-state index is 12.4. The van der Waals surface area contributed by atoms with Gasteiger partial charge in [-0.25, -0.2) is 4.79 Å². The molecule has 1 unspecified atom stereocenters. The van der Waals surface area contributed by atoms with Crippen LogP contribution in [-0.2, 0) is 20.8 Å². The first-order chi connectivity index (χ1) is 13.5. The number of aromatic amines is 1. The Kier molecular flexibility index (Phi) is 3.91. The Balaban J connectivity index is 1.50. The van der Waals surface area contributed by atoms with Gasteiger partial charge in [0.2, 0.25) is 0 Å². The fourth-order valence-corrected chi connectivity index (χ4v) is 4.85. The minimum atomic E-state index is -0.616. The molecule has 4 atom stereocenters. The van der Waals surface area contributed by atoms with Crippen molar-refractivity contribution in [1.82, 2.24) is 9.55 Å². The van der Waals surface area contributed by atoms with Crippen LogP contribution in [0.2, 0.25) is 0 Å². The van der Waals surface area contributed by atoms with Crippen LogP contribution in [0.1, 0.15) is 43.5 Å². The minimum Gasteiger partial charge on any atom is -0.368 e. The van der Waals surface area contributed by atoms with Crippen LogP contribution in [-0.4, -0.2) is 33.0 Å². The molecule has 3 heterocycles. The van der Waals surface area contributed by atoms with Crippen LogP contribution in [0.15, 0.2) is 46.1 Å². The molecule has 1 aliphatic carbocycles. The number of aryl methyl sites for hydroxylation is 1. The van der Waals surface area contributed by atoms with Crippen LogP contribution in [0.3, 0.4) is 0 Å². The number of aromatic nitrogens is 2. The topological polar surface area (TPSA) is 82.6 Å². The number of H-pyrrole nitrogens is 1. The van der Waals surface area contributed by atoms with E-state index in [9.17, 15) is 9.59 Å². The molecule has 28 heavy (non-hydrogen) atoms. The molecule has 3 aliphatic rings. The third-order valence-corrected chi connectivity index (χ3v) is 6.42. The van der Waals surface area contributed by atoms with E-state index in [1.165, 1.54) is 4.57 Å². The highest BCUT2D eigenvalue weighted by molar-refractivity contribution is 5.26.